The highest BCUT2D eigenvalue weighted by molar-refractivity contribution is 7.01. The molecular formula is C45H33BN2O2. The third kappa shape index (κ3) is 3.47. The molecule has 4 heterocycles. The molecule has 0 spiro atoms. The molecule has 4 nitrogen and oxygen atoms in total. The molecular weight excluding hydrogens is 611 g/mol. The summed E-state index contributed by atoms with van der Waals surface area (Å²) >= 11 is 0. The first kappa shape index (κ1) is 28.0. The highest BCUT2D eigenvalue weighted by Gasteiger charge is 2.50. The summed E-state index contributed by atoms with van der Waals surface area (Å²) in [6.45, 7) is 6.73. The molecule has 0 fully saturated rings. The maximum absolute atomic E-state index is 7.46. The van der Waals surface area contributed by atoms with Crippen LogP contribution in [0.25, 0.3) is 33.1 Å². The van der Waals surface area contributed by atoms with Crippen molar-refractivity contribution in [3.8, 4) is 11.1 Å². The van der Waals surface area contributed by atoms with Gasteiger partial charge in [0.05, 0.1) is 11.3 Å². The van der Waals surface area contributed by atoms with Crippen molar-refractivity contribution in [2.45, 2.75) is 32.6 Å². The zero-order chi connectivity index (χ0) is 33.3. The van der Waals surface area contributed by atoms with E-state index in [2.05, 4.69) is 164 Å². The van der Waals surface area contributed by atoms with Crippen molar-refractivity contribution in [2.75, 3.05) is 9.80 Å². The molecule has 5 heteroatoms. The van der Waals surface area contributed by atoms with Gasteiger partial charge in [-0.05, 0) is 82.7 Å². The molecule has 2 aliphatic heterocycles. The van der Waals surface area contributed by atoms with Crippen LogP contribution in [0.2, 0.25) is 0 Å². The normalized spacial score (nSPS) is 14.8. The monoisotopic (exact) mass is 644 g/mol. The fraction of sp³-hybridized carbons (Fsp3) is 0.111. The summed E-state index contributed by atoms with van der Waals surface area (Å²) in [6, 6.07) is 48.2. The first-order chi connectivity index (χ1) is 24.5. The van der Waals surface area contributed by atoms with Crippen LogP contribution >= 0.6 is 0 Å². The van der Waals surface area contributed by atoms with E-state index in [1.165, 1.54) is 39.0 Å². The lowest BCUT2D eigenvalue weighted by Crippen LogP contribution is -2.60. The zero-order valence-corrected chi connectivity index (χ0v) is 28.2. The fourth-order valence-electron chi connectivity index (χ4n) is 9.13. The smallest absolute Gasteiger partial charge is 0.302 e. The average molecular weight is 645 g/mol. The topological polar surface area (TPSA) is 32.8 Å². The Kier molecular flexibility index (Phi) is 5.49. The van der Waals surface area contributed by atoms with Crippen molar-refractivity contribution in [1.29, 1.82) is 0 Å². The minimum absolute atomic E-state index is 0.131. The van der Waals surface area contributed by atoms with Gasteiger partial charge < -0.3 is 13.7 Å². The SMILES string of the molecule is CCc1cc2c3c(c1)N(c1ccccc1)c1c(oc4c5c(ccc14)C(C)(C)c1ccccc1-5)B3c1c(oc3ccccc13)N2c1ccccc1. The van der Waals surface area contributed by atoms with Crippen LogP contribution in [-0.4, -0.2) is 6.71 Å². The number of furan rings is 2. The van der Waals surface area contributed by atoms with E-state index in [1.54, 1.807) is 0 Å². The van der Waals surface area contributed by atoms with Crippen LogP contribution in [0.15, 0.2) is 142 Å². The second-order valence-electron chi connectivity index (χ2n) is 14.3. The summed E-state index contributed by atoms with van der Waals surface area (Å²) in [7, 11) is 0. The summed E-state index contributed by atoms with van der Waals surface area (Å²) in [6.07, 6.45) is 0.904. The van der Waals surface area contributed by atoms with E-state index < -0.39 is 0 Å². The number of rotatable bonds is 3. The van der Waals surface area contributed by atoms with E-state index in [0.29, 0.717) is 0 Å². The molecule has 0 radical (unpaired) electrons. The number of hydrogen-bond acceptors (Lipinski definition) is 4. The molecule has 2 aromatic heterocycles. The molecule has 8 aromatic rings. The lowest BCUT2D eigenvalue weighted by molar-refractivity contribution is 0.622. The first-order valence-corrected chi connectivity index (χ1v) is 17.6. The van der Waals surface area contributed by atoms with Crippen LogP contribution in [-0.2, 0) is 11.8 Å². The van der Waals surface area contributed by atoms with Crippen molar-refractivity contribution >= 4 is 79.6 Å². The number of para-hydroxylation sites is 3. The van der Waals surface area contributed by atoms with Gasteiger partial charge in [0.2, 0.25) is 5.88 Å². The predicted octanol–water partition coefficient (Wildman–Crippen LogP) is 10.1. The van der Waals surface area contributed by atoms with Gasteiger partial charge >= 0.3 is 6.71 Å². The van der Waals surface area contributed by atoms with Crippen molar-refractivity contribution in [3.05, 3.63) is 150 Å². The molecule has 11 rings (SSSR count). The van der Waals surface area contributed by atoms with E-state index in [-0.39, 0.29) is 12.1 Å². The Bertz CT molecular complexity index is 2690. The van der Waals surface area contributed by atoms with Gasteiger partial charge in [-0.3, -0.25) is 4.90 Å². The molecule has 50 heavy (non-hydrogen) atoms. The number of nitrogens with zero attached hydrogens (tertiary/aromatic N) is 2. The Balaban J connectivity index is 1.32. The number of fused-ring (bicyclic) bond motifs is 12. The van der Waals surface area contributed by atoms with E-state index in [4.69, 9.17) is 8.83 Å². The lowest BCUT2D eigenvalue weighted by Gasteiger charge is -2.41. The third-order valence-electron chi connectivity index (χ3n) is 11.4. The minimum atomic E-state index is -0.174. The molecule has 0 atom stereocenters. The van der Waals surface area contributed by atoms with Crippen LogP contribution in [0.5, 0.6) is 0 Å². The molecule has 0 bridgehead atoms. The second-order valence-corrected chi connectivity index (χ2v) is 14.3. The van der Waals surface area contributed by atoms with E-state index in [1.807, 2.05) is 0 Å². The van der Waals surface area contributed by atoms with Crippen LogP contribution < -0.4 is 26.4 Å². The summed E-state index contributed by atoms with van der Waals surface area (Å²) in [4.78, 5) is 4.79. The largest absolute Gasteiger partial charge is 0.467 e. The Labute approximate surface area is 291 Å². The molecule has 0 N–H and O–H groups in total. The summed E-state index contributed by atoms with van der Waals surface area (Å²) in [5.41, 5.74) is 17.0. The third-order valence-corrected chi connectivity index (χ3v) is 11.4. The van der Waals surface area contributed by atoms with Gasteiger partial charge in [-0.2, -0.15) is 0 Å². The maximum atomic E-state index is 7.46. The summed E-state index contributed by atoms with van der Waals surface area (Å²) in [5.74, 6) is 0.852. The van der Waals surface area contributed by atoms with Gasteiger partial charge in [-0.1, -0.05) is 106 Å². The van der Waals surface area contributed by atoms with Gasteiger partial charge in [0, 0.05) is 50.0 Å². The van der Waals surface area contributed by atoms with Crippen molar-refractivity contribution in [1.82, 2.24) is 0 Å². The Morgan fingerprint density at radius 3 is 2.04 bits per heavy atom. The summed E-state index contributed by atoms with van der Waals surface area (Å²) in [5, 5.41) is 2.24. The molecule has 0 saturated heterocycles. The summed E-state index contributed by atoms with van der Waals surface area (Å²) < 4.78 is 14.4. The molecule has 0 unspecified atom stereocenters. The van der Waals surface area contributed by atoms with Gasteiger partial charge in [0.1, 0.15) is 11.2 Å². The standard InChI is InChI=1S/C45H33BN2O2/c1-4-27-25-35-40-36(26-27)48(29-17-9-6-10-18-29)44-39(31-20-12-14-22-37(31)49-44)46(40)43-41(47(35)28-15-7-5-8-16-28)32-23-24-34-38(42(32)50-43)30-19-11-13-21-33(30)45(34,2)3/h5-26H,4H2,1-3H3. The number of benzene rings is 6. The minimum Gasteiger partial charge on any atom is -0.467 e. The van der Waals surface area contributed by atoms with Gasteiger partial charge in [-0.25, -0.2) is 0 Å². The Morgan fingerprint density at radius 2 is 1.28 bits per heavy atom. The first-order valence-electron chi connectivity index (χ1n) is 17.6. The molecule has 0 amide bonds. The van der Waals surface area contributed by atoms with Gasteiger partial charge in [0.25, 0.3) is 0 Å². The maximum Gasteiger partial charge on any atom is 0.302 e. The number of hydrogen-bond donors (Lipinski definition) is 0. The molecule has 0 saturated carbocycles. The lowest BCUT2D eigenvalue weighted by atomic mass is 9.35. The predicted molar refractivity (Wildman–Crippen MR) is 207 cm³/mol. The number of aryl methyl sites for hydroxylation is 1. The molecule has 1 aliphatic carbocycles. The molecule has 3 aliphatic rings. The fourth-order valence-corrected chi connectivity index (χ4v) is 9.13. The van der Waals surface area contributed by atoms with Crippen molar-refractivity contribution < 1.29 is 8.83 Å². The van der Waals surface area contributed by atoms with Gasteiger partial charge in [0.15, 0.2) is 0 Å². The van der Waals surface area contributed by atoms with E-state index in [9.17, 15) is 0 Å². The highest BCUT2D eigenvalue weighted by Crippen LogP contribution is 2.54. The zero-order valence-electron chi connectivity index (χ0n) is 28.2. The second kappa shape index (κ2) is 9.83. The van der Waals surface area contributed by atoms with E-state index >= 15 is 0 Å². The Hall–Kier alpha value is -5.94. The van der Waals surface area contributed by atoms with Crippen LogP contribution in [0.1, 0.15) is 37.5 Å². The molecule has 238 valence electrons. The quantitative estimate of drug-likeness (QED) is 0.179. The van der Waals surface area contributed by atoms with Crippen LogP contribution in [0.3, 0.4) is 0 Å². The van der Waals surface area contributed by atoms with E-state index in [0.717, 1.165) is 68.1 Å². The van der Waals surface area contributed by atoms with Crippen molar-refractivity contribution in [3.63, 3.8) is 0 Å². The number of anilines is 6. The highest BCUT2D eigenvalue weighted by atomic mass is 16.4. The van der Waals surface area contributed by atoms with Crippen LogP contribution in [0.4, 0.5) is 34.3 Å². The molecule has 6 aromatic carbocycles. The van der Waals surface area contributed by atoms with Crippen LogP contribution in [0, 0.1) is 0 Å². The van der Waals surface area contributed by atoms with Crippen molar-refractivity contribution in [2.24, 2.45) is 0 Å². The average Bonchev–Trinajstić information content (AvgIpc) is 3.80. The van der Waals surface area contributed by atoms with Gasteiger partial charge in [-0.15, -0.1) is 0 Å². The Morgan fingerprint density at radius 1 is 0.620 bits per heavy atom.